The molecular formula is C30H52. The van der Waals surface area contributed by atoms with E-state index in [1.807, 2.05) is 5.57 Å². The largest absolute Gasteiger partial charge is 0.106 e. The van der Waals surface area contributed by atoms with E-state index in [1.165, 1.54) is 70.6 Å². The summed E-state index contributed by atoms with van der Waals surface area (Å²) in [4.78, 5) is 0. The van der Waals surface area contributed by atoms with E-state index in [9.17, 15) is 0 Å². The van der Waals surface area contributed by atoms with Crippen molar-refractivity contribution in [3.05, 3.63) is 24.8 Å². The minimum absolute atomic E-state index is 0.553. The Hall–Kier alpha value is -0.520. The first kappa shape index (κ1) is 24.1. The molecule has 0 aromatic heterocycles. The second-order valence-electron chi connectivity index (χ2n) is 12.6. The molecule has 172 valence electrons. The Bertz CT molecular complexity index is 599. The Morgan fingerprint density at radius 1 is 0.967 bits per heavy atom. The van der Waals surface area contributed by atoms with Gasteiger partial charge in [-0.3, -0.25) is 0 Å². The topological polar surface area (TPSA) is 0 Å². The molecule has 4 aliphatic carbocycles. The molecule has 3 fully saturated rings. The number of hydrogen-bond acceptors (Lipinski definition) is 0. The summed E-state index contributed by atoms with van der Waals surface area (Å²) in [5, 5.41) is 0. The van der Waals surface area contributed by atoms with Gasteiger partial charge in [-0.15, -0.1) is 13.2 Å². The normalized spacial score (nSPS) is 43.6. The first-order chi connectivity index (χ1) is 14.3. The summed E-state index contributed by atoms with van der Waals surface area (Å²) in [5.74, 6) is 6.73. The maximum atomic E-state index is 3.00. The van der Waals surface area contributed by atoms with Crippen LogP contribution in [-0.4, -0.2) is 0 Å². The fourth-order valence-corrected chi connectivity index (χ4v) is 8.87. The van der Waals surface area contributed by atoms with Crippen molar-refractivity contribution in [3.8, 4) is 0 Å². The standard InChI is InChI=1S/C28H48.C2H4/c1-19(2)8-7-9-21(4)24-12-13-25-23-11-10-22-18-20(3)14-16-27(22,5)26(23)15-17-28(24,25)6;1-2/h10,19-21,23-26H,7-9,11-18H2,1-6H3;1-2H2. The van der Waals surface area contributed by atoms with Gasteiger partial charge >= 0.3 is 0 Å². The Morgan fingerprint density at radius 3 is 2.40 bits per heavy atom. The van der Waals surface area contributed by atoms with Crippen molar-refractivity contribution in [1.82, 2.24) is 0 Å². The summed E-state index contributed by atoms with van der Waals surface area (Å²) >= 11 is 0. The van der Waals surface area contributed by atoms with Crippen LogP contribution in [0.15, 0.2) is 24.8 Å². The first-order valence-corrected chi connectivity index (χ1v) is 13.4. The molecule has 0 heterocycles. The second kappa shape index (κ2) is 9.54. The van der Waals surface area contributed by atoms with E-state index in [-0.39, 0.29) is 0 Å². The number of fused-ring (bicyclic) bond motifs is 5. The fourth-order valence-electron chi connectivity index (χ4n) is 8.87. The van der Waals surface area contributed by atoms with Gasteiger partial charge in [0.1, 0.15) is 0 Å². The van der Waals surface area contributed by atoms with Crippen LogP contribution >= 0.6 is 0 Å². The van der Waals surface area contributed by atoms with Crippen molar-refractivity contribution in [3.63, 3.8) is 0 Å². The predicted octanol–water partition coefficient (Wildman–Crippen LogP) is 9.47. The maximum absolute atomic E-state index is 3.00. The Kier molecular flexibility index (Phi) is 7.67. The average molecular weight is 413 g/mol. The van der Waals surface area contributed by atoms with Crippen molar-refractivity contribution in [2.24, 2.45) is 52.3 Å². The van der Waals surface area contributed by atoms with E-state index in [1.54, 1.807) is 0 Å². The molecule has 0 aliphatic heterocycles. The summed E-state index contributed by atoms with van der Waals surface area (Å²) in [6, 6.07) is 0. The summed E-state index contributed by atoms with van der Waals surface area (Å²) < 4.78 is 0. The van der Waals surface area contributed by atoms with Gasteiger partial charge in [0.2, 0.25) is 0 Å². The van der Waals surface area contributed by atoms with E-state index in [0.717, 1.165) is 41.4 Å². The monoisotopic (exact) mass is 412 g/mol. The van der Waals surface area contributed by atoms with Gasteiger partial charge in [-0.25, -0.2) is 0 Å². The number of rotatable bonds is 5. The van der Waals surface area contributed by atoms with E-state index in [4.69, 9.17) is 0 Å². The summed E-state index contributed by atoms with van der Waals surface area (Å²) in [6.45, 7) is 21.3. The van der Waals surface area contributed by atoms with Gasteiger partial charge in [0.05, 0.1) is 0 Å². The van der Waals surface area contributed by atoms with Crippen LogP contribution in [0.2, 0.25) is 0 Å². The lowest BCUT2D eigenvalue weighted by molar-refractivity contribution is -0.0523. The molecule has 0 saturated heterocycles. The van der Waals surface area contributed by atoms with Gasteiger partial charge in [-0.05, 0) is 104 Å². The second-order valence-corrected chi connectivity index (χ2v) is 12.6. The van der Waals surface area contributed by atoms with E-state index in [0.29, 0.717) is 10.8 Å². The quantitative estimate of drug-likeness (QED) is 0.394. The van der Waals surface area contributed by atoms with Crippen molar-refractivity contribution in [2.45, 2.75) is 112 Å². The zero-order valence-corrected chi connectivity index (χ0v) is 21.3. The van der Waals surface area contributed by atoms with Crippen molar-refractivity contribution in [1.29, 1.82) is 0 Å². The molecule has 3 saturated carbocycles. The lowest BCUT2D eigenvalue weighted by Gasteiger charge is -2.58. The van der Waals surface area contributed by atoms with E-state index < -0.39 is 0 Å². The highest BCUT2D eigenvalue weighted by Gasteiger charge is 2.58. The molecule has 0 radical (unpaired) electrons. The van der Waals surface area contributed by atoms with Crippen molar-refractivity contribution in [2.75, 3.05) is 0 Å². The van der Waals surface area contributed by atoms with E-state index in [2.05, 4.69) is 60.8 Å². The Balaban J connectivity index is 0.00000124. The van der Waals surface area contributed by atoms with Crippen LogP contribution in [0.4, 0.5) is 0 Å². The summed E-state index contributed by atoms with van der Waals surface area (Å²) in [7, 11) is 0. The van der Waals surface area contributed by atoms with Gasteiger partial charge in [-0.2, -0.15) is 0 Å². The molecule has 4 aliphatic rings. The number of allylic oxidation sites excluding steroid dienone is 2. The van der Waals surface area contributed by atoms with Crippen LogP contribution in [0, 0.1) is 52.3 Å². The molecule has 0 aromatic rings. The predicted molar refractivity (Wildman–Crippen MR) is 133 cm³/mol. The van der Waals surface area contributed by atoms with Gasteiger partial charge in [0, 0.05) is 0 Å². The van der Waals surface area contributed by atoms with Crippen LogP contribution in [0.1, 0.15) is 112 Å². The van der Waals surface area contributed by atoms with E-state index >= 15 is 0 Å². The maximum Gasteiger partial charge on any atom is -0.00851 e. The fraction of sp³-hybridized carbons (Fsp3) is 0.867. The molecule has 0 heteroatoms. The highest BCUT2D eigenvalue weighted by Crippen LogP contribution is 2.67. The summed E-state index contributed by atoms with van der Waals surface area (Å²) in [6.07, 6.45) is 19.0. The van der Waals surface area contributed by atoms with Crippen LogP contribution in [-0.2, 0) is 0 Å². The van der Waals surface area contributed by atoms with Crippen LogP contribution in [0.3, 0.4) is 0 Å². The minimum Gasteiger partial charge on any atom is -0.106 e. The third-order valence-electron chi connectivity index (χ3n) is 10.6. The van der Waals surface area contributed by atoms with Crippen LogP contribution in [0.5, 0.6) is 0 Å². The molecule has 0 amide bonds. The van der Waals surface area contributed by atoms with Gasteiger partial charge in [0.15, 0.2) is 0 Å². The Labute approximate surface area is 189 Å². The average Bonchev–Trinajstić information content (AvgIpc) is 3.07. The molecule has 30 heavy (non-hydrogen) atoms. The molecular weight excluding hydrogens is 360 g/mol. The zero-order chi connectivity index (χ0) is 22.1. The lowest BCUT2D eigenvalue weighted by Crippen LogP contribution is -2.50. The molecule has 0 aromatic carbocycles. The van der Waals surface area contributed by atoms with Crippen LogP contribution in [0.25, 0.3) is 0 Å². The molecule has 0 N–H and O–H groups in total. The van der Waals surface area contributed by atoms with Gasteiger partial charge in [-0.1, -0.05) is 72.5 Å². The number of hydrogen-bond donors (Lipinski definition) is 0. The lowest BCUT2D eigenvalue weighted by atomic mass is 9.46. The minimum atomic E-state index is 0.553. The SMILES string of the molecule is C=C.CC(C)CCCC(C)C1CCC2C3CC=C4CC(C)CCC4(C)C3CCC12C. The molecule has 0 bridgehead atoms. The molecule has 4 rings (SSSR count). The molecule has 0 spiro atoms. The van der Waals surface area contributed by atoms with Gasteiger partial charge < -0.3 is 0 Å². The summed E-state index contributed by atoms with van der Waals surface area (Å²) in [5.41, 5.74) is 3.06. The molecule has 8 unspecified atom stereocenters. The van der Waals surface area contributed by atoms with Crippen molar-refractivity contribution >= 4 is 0 Å². The molecule has 0 nitrogen and oxygen atoms in total. The van der Waals surface area contributed by atoms with Crippen LogP contribution < -0.4 is 0 Å². The van der Waals surface area contributed by atoms with Gasteiger partial charge in [0.25, 0.3) is 0 Å². The third kappa shape index (κ3) is 4.23. The first-order valence-electron chi connectivity index (χ1n) is 13.4. The van der Waals surface area contributed by atoms with Crippen molar-refractivity contribution < 1.29 is 0 Å². The third-order valence-corrected chi connectivity index (χ3v) is 10.6. The Morgan fingerprint density at radius 2 is 1.70 bits per heavy atom. The smallest absolute Gasteiger partial charge is 0.00851 e. The zero-order valence-electron chi connectivity index (χ0n) is 21.3. The molecule has 8 atom stereocenters. The highest BCUT2D eigenvalue weighted by molar-refractivity contribution is 5.25. The highest BCUT2D eigenvalue weighted by atomic mass is 14.6.